The highest BCUT2D eigenvalue weighted by Crippen LogP contribution is 2.46. The summed E-state index contributed by atoms with van der Waals surface area (Å²) in [5.74, 6) is 3.25. The molecule has 0 bridgehead atoms. The first-order valence-corrected chi connectivity index (χ1v) is 11.2. The SMILES string of the molecule is C[C@@]1(/C2=C/C3CC3/C=C\CC2)NC(COc2ccccc2)=N[C@@H]1C1=CCC=CC=C1. The van der Waals surface area contributed by atoms with E-state index in [4.69, 9.17) is 9.73 Å². The van der Waals surface area contributed by atoms with Crippen molar-refractivity contribution < 1.29 is 4.74 Å². The molecular formula is C27H30N2O. The Kier molecular flexibility index (Phi) is 5.20. The Morgan fingerprint density at radius 3 is 2.93 bits per heavy atom. The highest BCUT2D eigenvalue weighted by atomic mass is 16.5. The normalized spacial score (nSPS) is 34.8. The van der Waals surface area contributed by atoms with Crippen molar-refractivity contribution in [1.29, 1.82) is 0 Å². The Hall–Kier alpha value is -2.81. The maximum absolute atomic E-state index is 6.03. The van der Waals surface area contributed by atoms with Crippen LogP contribution in [0.1, 0.15) is 32.6 Å². The third-order valence-corrected chi connectivity index (χ3v) is 6.63. The van der Waals surface area contributed by atoms with Gasteiger partial charge in [-0.25, -0.2) is 0 Å². The molecule has 1 aliphatic heterocycles. The van der Waals surface area contributed by atoms with Crippen molar-refractivity contribution in [2.75, 3.05) is 6.61 Å². The number of benzene rings is 1. The predicted octanol–water partition coefficient (Wildman–Crippen LogP) is 5.55. The lowest BCUT2D eigenvalue weighted by atomic mass is 9.78. The third kappa shape index (κ3) is 3.94. The van der Waals surface area contributed by atoms with Crippen LogP contribution in [-0.4, -0.2) is 24.0 Å². The zero-order chi connectivity index (χ0) is 20.4. The van der Waals surface area contributed by atoms with Crippen LogP contribution in [0, 0.1) is 11.8 Å². The van der Waals surface area contributed by atoms with Crippen LogP contribution >= 0.6 is 0 Å². The van der Waals surface area contributed by atoms with Crippen LogP contribution in [-0.2, 0) is 0 Å². The second-order valence-electron chi connectivity index (χ2n) is 8.86. The average Bonchev–Trinajstić information content (AvgIpc) is 3.45. The number of fused-ring (bicyclic) bond motifs is 1. The summed E-state index contributed by atoms with van der Waals surface area (Å²) < 4.78 is 6.03. The first-order chi connectivity index (χ1) is 14.7. The number of allylic oxidation sites excluding steroid dienone is 7. The van der Waals surface area contributed by atoms with Gasteiger partial charge in [0.15, 0.2) is 0 Å². The number of para-hydroxylation sites is 1. The number of hydrogen-bond acceptors (Lipinski definition) is 3. The van der Waals surface area contributed by atoms with E-state index in [1.165, 1.54) is 17.6 Å². The zero-order valence-electron chi connectivity index (χ0n) is 17.6. The maximum atomic E-state index is 6.03. The van der Waals surface area contributed by atoms with E-state index in [0.29, 0.717) is 12.5 Å². The smallest absolute Gasteiger partial charge is 0.145 e. The third-order valence-electron chi connectivity index (χ3n) is 6.63. The molecule has 0 radical (unpaired) electrons. The van der Waals surface area contributed by atoms with Gasteiger partial charge in [-0.15, -0.1) is 0 Å². The van der Waals surface area contributed by atoms with Gasteiger partial charge < -0.3 is 10.1 Å². The minimum Gasteiger partial charge on any atom is -0.486 e. The molecule has 0 spiro atoms. The van der Waals surface area contributed by atoms with Crippen molar-refractivity contribution in [2.45, 2.75) is 44.2 Å². The molecule has 4 atom stereocenters. The summed E-state index contributed by atoms with van der Waals surface area (Å²) >= 11 is 0. The predicted molar refractivity (Wildman–Crippen MR) is 124 cm³/mol. The molecular weight excluding hydrogens is 368 g/mol. The number of ether oxygens (including phenoxy) is 1. The molecule has 3 aliphatic carbocycles. The summed E-state index contributed by atoms with van der Waals surface area (Å²) in [6.07, 6.45) is 22.8. The van der Waals surface area contributed by atoms with E-state index >= 15 is 0 Å². The highest BCUT2D eigenvalue weighted by Gasteiger charge is 2.46. The fourth-order valence-electron chi connectivity index (χ4n) is 4.82. The Labute approximate surface area is 179 Å². The second-order valence-corrected chi connectivity index (χ2v) is 8.86. The fraction of sp³-hybridized carbons (Fsp3) is 0.370. The summed E-state index contributed by atoms with van der Waals surface area (Å²) in [6.45, 7) is 2.79. The lowest BCUT2D eigenvalue weighted by molar-refractivity contribution is 0.369. The Balaban J connectivity index is 1.43. The Morgan fingerprint density at radius 2 is 2.03 bits per heavy atom. The summed E-state index contributed by atoms with van der Waals surface area (Å²) in [7, 11) is 0. The van der Waals surface area contributed by atoms with Gasteiger partial charge in [0.25, 0.3) is 0 Å². The molecule has 0 saturated heterocycles. The minimum atomic E-state index is -0.214. The second kappa shape index (κ2) is 8.14. The first kappa shape index (κ1) is 19.2. The van der Waals surface area contributed by atoms with Crippen molar-refractivity contribution in [3.63, 3.8) is 0 Å². The van der Waals surface area contributed by atoms with Crippen molar-refractivity contribution in [2.24, 2.45) is 16.8 Å². The number of hydrogen-bond donors (Lipinski definition) is 1. The molecule has 4 aliphatic rings. The topological polar surface area (TPSA) is 33.6 Å². The van der Waals surface area contributed by atoms with Gasteiger partial charge in [-0.3, -0.25) is 4.99 Å². The molecule has 1 heterocycles. The molecule has 1 fully saturated rings. The lowest BCUT2D eigenvalue weighted by Gasteiger charge is -2.35. The van der Waals surface area contributed by atoms with E-state index < -0.39 is 0 Å². The molecule has 5 rings (SSSR count). The molecule has 1 N–H and O–H groups in total. The van der Waals surface area contributed by atoms with Crippen LogP contribution in [0.5, 0.6) is 5.75 Å². The van der Waals surface area contributed by atoms with E-state index in [9.17, 15) is 0 Å². The van der Waals surface area contributed by atoms with Crippen LogP contribution in [0.4, 0.5) is 0 Å². The molecule has 1 saturated carbocycles. The van der Waals surface area contributed by atoms with Crippen molar-refractivity contribution in [3.8, 4) is 5.75 Å². The quantitative estimate of drug-likeness (QED) is 0.660. The summed E-state index contributed by atoms with van der Waals surface area (Å²) in [6, 6.07) is 10.1. The average molecular weight is 399 g/mol. The van der Waals surface area contributed by atoms with E-state index in [2.05, 4.69) is 60.8 Å². The number of nitrogens with zero attached hydrogens (tertiary/aromatic N) is 1. The largest absolute Gasteiger partial charge is 0.486 e. The van der Waals surface area contributed by atoms with Crippen LogP contribution in [0.15, 0.2) is 95.1 Å². The molecule has 154 valence electrons. The van der Waals surface area contributed by atoms with Gasteiger partial charge in [-0.1, -0.05) is 66.8 Å². The molecule has 30 heavy (non-hydrogen) atoms. The molecule has 1 aromatic carbocycles. The van der Waals surface area contributed by atoms with E-state index in [0.717, 1.165) is 36.8 Å². The Bertz CT molecular complexity index is 966. The minimum absolute atomic E-state index is 0.0647. The van der Waals surface area contributed by atoms with Crippen molar-refractivity contribution in [3.05, 3.63) is 90.1 Å². The lowest BCUT2D eigenvalue weighted by Crippen LogP contribution is -2.50. The van der Waals surface area contributed by atoms with E-state index in [1.807, 2.05) is 30.3 Å². The van der Waals surface area contributed by atoms with Gasteiger partial charge >= 0.3 is 0 Å². The molecule has 3 heteroatoms. The standard InChI is InChI=1S/C27H30N2O/c1-27(23-14-10-9-13-21-17-22(21)18-23)26(20-11-5-2-3-6-12-20)28-25(29-27)19-30-24-15-7-4-8-16-24/h2-5,7-9,11-13,15-16,18,21-22,26H,6,10,14,17,19H2,1H3,(H,28,29)/b13-9-,23-18+/t21?,22?,26-,27+/m1/s1. The van der Waals surface area contributed by atoms with Crippen LogP contribution in [0.3, 0.4) is 0 Å². The number of aliphatic imine (C=N–C) groups is 1. The summed E-state index contributed by atoms with van der Waals surface area (Å²) in [5, 5.41) is 3.80. The van der Waals surface area contributed by atoms with Crippen molar-refractivity contribution >= 4 is 5.84 Å². The molecule has 0 aromatic heterocycles. The molecule has 0 amide bonds. The van der Waals surface area contributed by atoms with Crippen LogP contribution in [0.25, 0.3) is 0 Å². The summed E-state index contributed by atoms with van der Waals surface area (Å²) in [4.78, 5) is 5.16. The number of amidine groups is 1. The van der Waals surface area contributed by atoms with Gasteiger partial charge in [0.1, 0.15) is 24.2 Å². The van der Waals surface area contributed by atoms with Crippen LogP contribution < -0.4 is 10.1 Å². The first-order valence-electron chi connectivity index (χ1n) is 11.2. The molecule has 1 aromatic rings. The van der Waals surface area contributed by atoms with Gasteiger partial charge in [0, 0.05) is 0 Å². The number of nitrogens with one attached hydrogen (secondary N) is 1. The van der Waals surface area contributed by atoms with Gasteiger partial charge in [-0.05, 0) is 67.7 Å². The van der Waals surface area contributed by atoms with Gasteiger partial charge in [0.05, 0.1) is 5.54 Å². The molecule has 2 unspecified atom stereocenters. The summed E-state index contributed by atoms with van der Waals surface area (Å²) in [5.41, 5.74) is 2.57. The monoisotopic (exact) mass is 398 g/mol. The number of rotatable bonds is 5. The zero-order valence-corrected chi connectivity index (χ0v) is 17.6. The Morgan fingerprint density at radius 1 is 1.13 bits per heavy atom. The highest BCUT2D eigenvalue weighted by molar-refractivity contribution is 5.88. The maximum Gasteiger partial charge on any atom is 0.145 e. The van der Waals surface area contributed by atoms with E-state index in [1.54, 1.807) is 0 Å². The van der Waals surface area contributed by atoms with E-state index in [-0.39, 0.29) is 11.6 Å². The molecule has 3 nitrogen and oxygen atoms in total. The van der Waals surface area contributed by atoms with Gasteiger partial charge in [0.2, 0.25) is 0 Å². The fourth-order valence-corrected chi connectivity index (χ4v) is 4.82. The van der Waals surface area contributed by atoms with Crippen LogP contribution in [0.2, 0.25) is 0 Å². The van der Waals surface area contributed by atoms with Gasteiger partial charge in [-0.2, -0.15) is 0 Å². The van der Waals surface area contributed by atoms with Crippen molar-refractivity contribution in [1.82, 2.24) is 5.32 Å².